The molecule has 0 aromatic heterocycles. The second kappa shape index (κ2) is 4.79. The van der Waals surface area contributed by atoms with E-state index in [2.05, 4.69) is 4.74 Å². The van der Waals surface area contributed by atoms with Crippen molar-refractivity contribution < 1.29 is 14.6 Å². The number of benzene rings is 1. The minimum atomic E-state index is -0.530. The molecule has 82 valence electrons. The summed E-state index contributed by atoms with van der Waals surface area (Å²) in [4.78, 5) is 11.0. The third-order valence-corrected chi connectivity index (χ3v) is 2.28. The minimum Gasteiger partial charge on any atom is -0.507 e. The number of ether oxygens (including phenoxy) is 1. The van der Waals surface area contributed by atoms with Crippen molar-refractivity contribution in [2.75, 3.05) is 7.11 Å². The molecule has 0 radical (unpaired) electrons. The number of aryl methyl sites for hydroxylation is 1. The average molecular weight is 209 g/mol. The number of carbonyl (C=O) groups excluding carboxylic acids is 1. The van der Waals surface area contributed by atoms with Crippen molar-refractivity contribution in [3.05, 3.63) is 29.3 Å². The summed E-state index contributed by atoms with van der Waals surface area (Å²) in [5, 5.41) is 9.72. The van der Waals surface area contributed by atoms with Gasteiger partial charge in [0.25, 0.3) is 0 Å². The maximum absolute atomic E-state index is 11.0. The molecule has 1 atom stereocenters. The molecule has 0 heterocycles. The van der Waals surface area contributed by atoms with Gasteiger partial charge in [0.2, 0.25) is 0 Å². The van der Waals surface area contributed by atoms with Crippen LogP contribution in [-0.2, 0) is 9.53 Å². The lowest BCUT2D eigenvalue weighted by molar-refractivity contribution is -0.141. The Kier molecular flexibility index (Phi) is 3.68. The van der Waals surface area contributed by atoms with E-state index in [4.69, 9.17) is 5.73 Å². The van der Waals surface area contributed by atoms with Gasteiger partial charge in [-0.3, -0.25) is 4.79 Å². The standard InChI is InChI=1S/C11H15NO3/c1-7-4-3-5-8(11(7)14)9(12)6-10(13)15-2/h3-5,9,14H,6,12H2,1-2H3. The summed E-state index contributed by atoms with van der Waals surface area (Å²) in [6.45, 7) is 1.78. The molecule has 1 aromatic carbocycles. The topological polar surface area (TPSA) is 72.5 Å². The molecule has 0 amide bonds. The van der Waals surface area contributed by atoms with Gasteiger partial charge in [-0.15, -0.1) is 0 Å². The summed E-state index contributed by atoms with van der Waals surface area (Å²) in [6.07, 6.45) is 0.0630. The van der Waals surface area contributed by atoms with Gasteiger partial charge < -0.3 is 15.6 Å². The Balaban J connectivity index is 2.86. The molecule has 15 heavy (non-hydrogen) atoms. The molecule has 0 bridgehead atoms. The van der Waals surface area contributed by atoms with Crippen molar-refractivity contribution in [1.82, 2.24) is 0 Å². The molecule has 1 unspecified atom stereocenters. The molecule has 0 aliphatic rings. The number of methoxy groups -OCH3 is 1. The average Bonchev–Trinajstić information content (AvgIpc) is 2.21. The van der Waals surface area contributed by atoms with E-state index in [-0.39, 0.29) is 18.1 Å². The normalized spacial score (nSPS) is 12.2. The number of phenols is 1. The maximum Gasteiger partial charge on any atom is 0.307 e. The molecule has 1 rings (SSSR count). The fourth-order valence-corrected chi connectivity index (χ4v) is 1.35. The van der Waals surface area contributed by atoms with E-state index in [1.54, 1.807) is 25.1 Å². The molecule has 0 aliphatic heterocycles. The Morgan fingerprint density at radius 3 is 2.87 bits per heavy atom. The SMILES string of the molecule is COC(=O)CC(N)c1cccc(C)c1O. The van der Waals surface area contributed by atoms with Gasteiger partial charge in [-0.2, -0.15) is 0 Å². The summed E-state index contributed by atoms with van der Waals surface area (Å²) in [6, 6.07) is 4.75. The highest BCUT2D eigenvalue weighted by atomic mass is 16.5. The number of hydrogen-bond donors (Lipinski definition) is 2. The van der Waals surface area contributed by atoms with Crippen LogP contribution in [0.1, 0.15) is 23.6 Å². The van der Waals surface area contributed by atoms with Gasteiger partial charge in [0.05, 0.1) is 13.5 Å². The van der Waals surface area contributed by atoms with Crippen LogP contribution in [0.25, 0.3) is 0 Å². The molecule has 4 heteroatoms. The fourth-order valence-electron chi connectivity index (χ4n) is 1.35. The number of phenolic OH excluding ortho intramolecular Hbond substituents is 1. The number of carbonyl (C=O) groups is 1. The first-order chi connectivity index (χ1) is 7.06. The number of aromatic hydroxyl groups is 1. The van der Waals surface area contributed by atoms with Gasteiger partial charge in [-0.1, -0.05) is 18.2 Å². The first-order valence-corrected chi connectivity index (χ1v) is 4.67. The molecule has 0 aliphatic carbocycles. The van der Waals surface area contributed by atoms with Crippen LogP contribution in [0.5, 0.6) is 5.75 Å². The summed E-state index contributed by atoms with van der Waals surface area (Å²) < 4.78 is 4.51. The van der Waals surface area contributed by atoms with E-state index in [1.165, 1.54) is 7.11 Å². The van der Waals surface area contributed by atoms with E-state index < -0.39 is 6.04 Å². The Hall–Kier alpha value is -1.55. The summed E-state index contributed by atoms with van der Waals surface area (Å²) in [7, 11) is 1.31. The molecule has 0 saturated carbocycles. The largest absolute Gasteiger partial charge is 0.507 e. The lowest BCUT2D eigenvalue weighted by atomic mass is 10.0. The van der Waals surface area contributed by atoms with Crippen LogP contribution in [0.15, 0.2) is 18.2 Å². The maximum atomic E-state index is 11.0. The molecular formula is C11H15NO3. The van der Waals surface area contributed by atoms with Gasteiger partial charge in [0, 0.05) is 11.6 Å². The summed E-state index contributed by atoms with van der Waals surface area (Å²) >= 11 is 0. The number of para-hydroxylation sites is 1. The van der Waals surface area contributed by atoms with Crippen molar-refractivity contribution in [2.45, 2.75) is 19.4 Å². The molecule has 1 aromatic rings. The first-order valence-electron chi connectivity index (χ1n) is 4.67. The Labute approximate surface area is 88.7 Å². The van der Waals surface area contributed by atoms with Crippen molar-refractivity contribution >= 4 is 5.97 Å². The van der Waals surface area contributed by atoms with E-state index in [0.717, 1.165) is 5.56 Å². The van der Waals surface area contributed by atoms with Gasteiger partial charge >= 0.3 is 5.97 Å². The van der Waals surface area contributed by atoms with Gasteiger partial charge in [-0.05, 0) is 12.5 Å². The van der Waals surface area contributed by atoms with Crippen molar-refractivity contribution in [1.29, 1.82) is 0 Å². The number of rotatable bonds is 3. The Morgan fingerprint density at radius 1 is 1.60 bits per heavy atom. The third kappa shape index (κ3) is 2.70. The van der Waals surface area contributed by atoms with Crippen LogP contribution in [-0.4, -0.2) is 18.2 Å². The van der Waals surface area contributed by atoms with E-state index >= 15 is 0 Å². The van der Waals surface area contributed by atoms with Crippen LogP contribution < -0.4 is 5.73 Å². The fraction of sp³-hybridized carbons (Fsp3) is 0.364. The van der Waals surface area contributed by atoms with Gasteiger partial charge in [-0.25, -0.2) is 0 Å². The van der Waals surface area contributed by atoms with Gasteiger partial charge in [0.1, 0.15) is 5.75 Å². The van der Waals surface area contributed by atoms with Crippen molar-refractivity contribution in [2.24, 2.45) is 5.73 Å². The molecular weight excluding hydrogens is 194 g/mol. The first kappa shape index (κ1) is 11.5. The lowest BCUT2D eigenvalue weighted by Crippen LogP contribution is -2.16. The number of esters is 1. The number of nitrogens with two attached hydrogens (primary N) is 1. The highest BCUT2D eigenvalue weighted by Crippen LogP contribution is 2.27. The van der Waals surface area contributed by atoms with Crippen LogP contribution >= 0.6 is 0 Å². The predicted molar refractivity (Wildman–Crippen MR) is 56.4 cm³/mol. The van der Waals surface area contributed by atoms with Crippen molar-refractivity contribution in [3.8, 4) is 5.75 Å². The Morgan fingerprint density at radius 2 is 2.27 bits per heavy atom. The van der Waals surface area contributed by atoms with Crippen LogP contribution in [0.3, 0.4) is 0 Å². The zero-order chi connectivity index (χ0) is 11.4. The third-order valence-electron chi connectivity index (χ3n) is 2.28. The van der Waals surface area contributed by atoms with Crippen LogP contribution in [0.4, 0.5) is 0 Å². The monoisotopic (exact) mass is 209 g/mol. The minimum absolute atomic E-state index is 0.0630. The highest BCUT2D eigenvalue weighted by Gasteiger charge is 2.15. The second-order valence-corrected chi connectivity index (χ2v) is 3.40. The summed E-state index contributed by atoms with van der Waals surface area (Å²) in [5.41, 5.74) is 7.09. The Bertz CT molecular complexity index is 363. The molecule has 0 spiro atoms. The molecule has 3 N–H and O–H groups in total. The highest BCUT2D eigenvalue weighted by molar-refractivity contribution is 5.70. The second-order valence-electron chi connectivity index (χ2n) is 3.40. The zero-order valence-corrected chi connectivity index (χ0v) is 8.86. The van der Waals surface area contributed by atoms with Crippen LogP contribution in [0.2, 0.25) is 0 Å². The van der Waals surface area contributed by atoms with Crippen LogP contribution in [0, 0.1) is 6.92 Å². The summed E-state index contributed by atoms with van der Waals surface area (Å²) in [5.74, 6) is -0.239. The molecule has 0 saturated heterocycles. The zero-order valence-electron chi connectivity index (χ0n) is 8.86. The number of hydrogen-bond acceptors (Lipinski definition) is 4. The van der Waals surface area contributed by atoms with E-state index in [0.29, 0.717) is 5.56 Å². The predicted octanol–water partition coefficient (Wildman–Crippen LogP) is 1.26. The molecule has 0 fully saturated rings. The van der Waals surface area contributed by atoms with Crippen molar-refractivity contribution in [3.63, 3.8) is 0 Å². The smallest absolute Gasteiger partial charge is 0.307 e. The van der Waals surface area contributed by atoms with Gasteiger partial charge in [0.15, 0.2) is 0 Å². The van der Waals surface area contributed by atoms with E-state index in [1.807, 2.05) is 0 Å². The van der Waals surface area contributed by atoms with E-state index in [9.17, 15) is 9.90 Å². The lowest BCUT2D eigenvalue weighted by Gasteiger charge is -2.13. The quantitative estimate of drug-likeness (QED) is 0.735. The molecule has 4 nitrogen and oxygen atoms in total.